The van der Waals surface area contributed by atoms with Crippen LogP contribution in [0, 0.1) is 5.92 Å². The van der Waals surface area contributed by atoms with Gasteiger partial charge in [-0.15, -0.1) is 35.0 Å². The van der Waals surface area contributed by atoms with Crippen LogP contribution in [0.5, 0.6) is 0 Å². The second-order valence-corrected chi connectivity index (χ2v) is 5.30. The van der Waals surface area contributed by atoms with E-state index >= 15 is 0 Å². The average molecular weight is 341 g/mol. The summed E-state index contributed by atoms with van der Waals surface area (Å²) in [4.78, 5) is 0. The molecule has 8 heteroatoms. The fourth-order valence-electron chi connectivity index (χ4n) is 2.81. The molecule has 1 aliphatic rings. The zero-order chi connectivity index (χ0) is 13.4. The van der Waals surface area contributed by atoms with Gasteiger partial charge in [-0.05, 0) is 43.6 Å². The molecule has 1 atom stereocenters. The Balaban J connectivity index is 0.000000882. The Hall–Kier alpha value is -1.63. The zero-order valence-electron chi connectivity index (χ0n) is 11.9. The molecular weight excluding hydrogens is 323 g/mol. The minimum absolute atomic E-state index is 0. The molecule has 4 rings (SSSR count). The minimum Gasteiger partial charge on any atom is -0.316 e. The van der Waals surface area contributed by atoms with E-state index in [1.54, 1.807) is 12.7 Å². The lowest BCUT2D eigenvalue weighted by Gasteiger charge is -2.10. The molecule has 2 aromatic heterocycles. The van der Waals surface area contributed by atoms with E-state index in [0.29, 0.717) is 5.92 Å². The molecule has 6 nitrogen and oxygen atoms in total. The number of benzene rings is 1. The Labute approximate surface area is 140 Å². The first-order chi connectivity index (χ1) is 9.90. The maximum absolute atomic E-state index is 4.53. The first-order valence-corrected chi connectivity index (χ1v) is 6.91. The smallest absolute Gasteiger partial charge is 0.123 e. The maximum Gasteiger partial charge on any atom is 0.123 e. The number of hydrogen-bond acceptors (Lipinski definition) is 4. The largest absolute Gasteiger partial charge is 0.316 e. The van der Waals surface area contributed by atoms with Gasteiger partial charge in [-0.25, -0.2) is 0 Å². The summed E-state index contributed by atoms with van der Waals surface area (Å²) in [5.41, 5.74) is 2.23. The molecule has 3 aromatic rings. The van der Waals surface area contributed by atoms with Gasteiger partial charge in [0.25, 0.3) is 0 Å². The van der Waals surface area contributed by atoms with Gasteiger partial charge in [0.1, 0.15) is 12.7 Å². The third kappa shape index (κ3) is 3.09. The van der Waals surface area contributed by atoms with Gasteiger partial charge in [0.2, 0.25) is 0 Å². The summed E-state index contributed by atoms with van der Waals surface area (Å²) in [6.45, 7) is 3.18. The Morgan fingerprint density at radius 3 is 2.73 bits per heavy atom. The van der Waals surface area contributed by atoms with Gasteiger partial charge < -0.3 is 5.32 Å². The van der Waals surface area contributed by atoms with Gasteiger partial charge in [0.15, 0.2) is 0 Å². The Morgan fingerprint density at radius 1 is 1.18 bits per heavy atom. The molecule has 118 valence electrons. The predicted octanol–water partition coefficient (Wildman–Crippen LogP) is 2.07. The third-order valence-corrected chi connectivity index (χ3v) is 3.94. The lowest BCUT2D eigenvalue weighted by molar-refractivity contribution is 0.459. The summed E-state index contributed by atoms with van der Waals surface area (Å²) < 4.78 is 4.02. The number of halogens is 2. The van der Waals surface area contributed by atoms with Crippen LogP contribution < -0.4 is 5.32 Å². The Bertz CT molecular complexity index is 718. The number of hydrogen-bond donors (Lipinski definition) is 1. The SMILES string of the molecule is Cl.Cl.c1cc2cnn(CC3CCNC3)c2cc1-n1cnnc1. The second-order valence-electron chi connectivity index (χ2n) is 5.30. The molecule has 1 fully saturated rings. The molecular formula is C14H18Cl2N6. The van der Waals surface area contributed by atoms with E-state index in [-0.39, 0.29) is 24.8 Å². The van der Waals surface area contributed by atoms with E-state index in [9.17, 15) is 0 Å². The van der Waals surface area contributed by atoms with Gasteiger partial charge in [-0.1, -0.05) is 0 Å². The highest BCUT2D eigenvalue weighted by Gasteiger charge is 2.16. The van der Waals surface area contributed by atoms with Crippen LogP contribution in [0.25, 0.3) is 16.6 Å². The topological polar surface area (TPSA) is 60.6 Å². The highest BCUT2D eigenvalue weighted by Crippen LogP contribution is 2.20. The fraction of sp³-hybridized carbons (Fsp3) is 0.357. The molecule has 1 unspecified atom stereocenters. The van der Waals surface area contributed by atoms with Crippen molar-refractivity contribution >= 4 is 35.7 Å². The molecule has 1 aromatic carbocycles. The standard InChI is InChI=1S/C14H16N6.2ClH/c1-2-13(19-9-16-17-10-19)5-14-12(1)7-18-20(14)8-11-3-4-15-6-11;;/h1-2,5,7,9-11,15H,3-4,6,8H2;2*1H. The summed E-state index contributed by atoms with van der Waals surface area (Å²) in [6, 6.07) is 6.31. The van der Waals surface area contributed by atoms with Gasteiger partial charge in [0.05, 0.1) is 17.4 Å². The van der Waals surface area contributed by atoms with Crippen LogP contribution in [-0.4, -0.2) is 37.6 Å². The van der Waals surface area contributed by atoms with Crippen LogP contribution in [-0.2, 0) is 6.54 Å². The maximum atomic E-state index is 4.53. The quantitative estimate of drug-likeness (QED) is 0.792. The van der Waals surface area contributed by atoms with E-state index < -0.39 is 0 Å². The van der Waals surface area contributed by atoms with Crippen LogP contribution in [0.3, 0.4) is 0 Å². The molecule has 0 aliphatic carbocycles. The van der Waals surface area contributed by atoms with Crippen molar-refractivity contribution in [2.75, 3.05) is 13.1 Å². The van der Waals surface area contributed by atoms with E-state index in [1.165, 1.54) is 17.3 Å². The van der Waals surface area contributed by atoms with Crippen LogP contribution in [0.15, 0.2) is 37.1 Å². The van der Waals surface area contributed by atoms with Crippen molar-refractivity contribution in [3.8, 4) is 5.69 Å². The summed E-state index contributed by atoms with van der Waals surface area (Å²) in [6.07, 6.45) is 6.59. The van der Waals surface area contributed by atoms with Crippen molar-refractivity contribution < 1.29 is 0 Å². The summed E-state index contributed by atoms with van der Waals surface area (Å²) >= 11 is 0. The molecule has 0 spiro atoms. The van der Waals surface area contributed by atoms with E-state index in [0.717, 1.165) is 25.3 Å². The predicted molar refractivity (Wildman–Crippen MR) is 90.1 cm³/mol. The summed E-state index contributed by atoms with van der Waals surface area (Å²) in [5, 5.41) is 16.8. The number of fused-ring (bicyclic) bond motifs is 1. The summed E-state index contributed by atoms with van der Waals surface area (Å²) in [7, 11) is 0. The molecule has 0 radical (unpaired) electrons. The number of nitrogens with zero attached hydrogens (tertiary/aromatic N) is 5. The molecule has 0 saturated carbocycles. The first-order valence-electron chi connectivity index (χ1n) is 6.91. The second kappa shape index (κ2) is 7.09. The highest BCUT2D eigenvalue weighted by atomic mass is 35.5. The van der Waals surface area contributed by atoms with Crippen molar-refractivity contribution in [2.45, 2.75) is 13.0 Å². The van der Waals surface area contributed by atoms with Crippen molar-refractivity contribution in [3.63, 3.8) is 0 Å². The first kappa shape index (κ1) is 16.7. The molecule has 1 saturated heterocycles. The molecule has 3 heterocycles. The number of nitrogens with one attached hydrogen (secondary N) is 1. The van der Waals surface area contributed by atoms with Gasteiger partial charge in [0, 0.05) is 11.9 Å². The number of rotatable bonds is 3. The number of aromatic nitrogens is 5. The van der Waals surface area contributed by atoms with E-state index in [1.807, 2.05) is 10.8 Å². The minimum atomic E-state index is 0. The van der Waals surface area contributed by atoms with Crippen LogP contribution in [0.4, 0.5) is 0 Å². The third-order valence-electron chi connectivity index (χ3n) is 3.94. The zero-order valence-corrected chi connectivity index (χ0v) is 13.6. The summed E-state index contributed by atoms with van der Waals surface area (Å²) in [5.74, 6) is 0.677. The average Bonchev–Trinajstić information content (AvgIpc) is 3.20. The molecule has 0 bridgehead atoms. The van der Waals surface area contributed by atoms with Gasteiger partial charge in [-0.2, -0.15) is 5.10 Å². The lowest BCUT2D eigenvalue weighted by Crippen LogP contribution is -2.15. The van der Waals surface area contributed by atoms with E-state index in [2.05, 4.69) is 43.5 Å². The fourth-order valence-corrected chi connectivity index (χ4v) is 2.81. The molecule has 1 N–H and O–H groups in total. The normalized spacial score (nSPS) is 17.2. The van der Waals surface area contributed by atoms with Crippen LogP contribution in [0.1, 0.15) is 6.42 Å². The molecule has 0 amide bonds. The van der Waals surface area contributed by atoms with Crippen molar-refractivity contribution in [3.05, 3.63) is 37.1 Å². The lowest BCUT2D eigenvalue weighted by atomic mass is 10.1. The van der Waals surface area contributed by atoms with Gasteiger partial charge in [-0.3, -0.25) is 9.25 Å². The highest BCUT2D eigenvalue weighted by molar-refractivity contribution is 5.85. The van der Waals surface area contributed by atoms with Gasteiger partial charge >= 0.3 is 0 Å². The van der Waals surface area contributed by atoms with Crippen molar-refractivity contribution in [1.29, 1.82) is 0 Å². The molecule has 22 heavy (non-hydrogen) atoms. The van der Waals surface area contributed by atoms with Crippen LogP contribution >= 0.6 is 24.8 Å². The Kier molecular flexibility index (Phi) is 5.39. The monoisotopic (exact) mass is 340 g/mol. The van der Waals surface area contributed by atoms with Crippen LogP contribution in [0.2, 0.25) is 0 Å². The molecule has 1 aliphatic heterocycles. The Morgan fingerprint density at radius 2 is 2.00 bits per heavy atom. The van der Waals surface area contributed by atoms with Crippen molar-refractivity contribution in [2.24, 2.45) is 5.92 Å². The van der Waals surface area contributed by atoms with Crippen molar-refractivity contribution in [1.82, 2.24) is 29.9 Å². The van der Waals surface area contributed by atoms with E-state index in [4.69, 9.17) is 0 Å².